The topological polar surface area (TPSA) is 28.7 Å². The maximum atomic E-state index is 13.2. The average Bonchev–Trinajstić information content (AvgIpc) is 2.81. The molecule has 1 aliphatic carbocycles. The Hall–Kier alpha value is -0.940. The lowest BCUT2D eigenvalue weighted by Gasteiger charge is -2.31. The van der Waals surface area contributed by atoms with Crippen molar-refractivity contribution in [2.75, 3.05) is 0 Å². The summed E-state index contributed by atoms with van der Waals surface area (Å²) in [4.78, 5) is 7.28. The van der Waals surface area contributed by atoms with Crippen LogP contribution in [-0.2, 0) is 0 Å². The van der Waals surface area contributed by atoms with Crippen molar-refractivity contribution in [3.05, 3.63) is 28.0 Å². The molecule has 2 aromatic rings. The van der Waals surface area contributed by atoms with Crippen LogP contribution in [0.1, 0.15) is 37.4 Å². The predicted octanol–water partition coefficient (Wildman–Crippen LogP) is 5.71. The molecule has 1 fully saturated rings. The molecule has 0 amide bonds. The maximum Gasteiger partial charge on any atom is 0.392 e. The molecule has 114 valence electrons. The van der Waals surface area contributed by atoms with Gasteiger partial charge in [-0.15, -0.1) is 0 Å². The Morgan fingerprint density at radius 3 is 2.48 bits per heavy atom. The van der Waals surface area contributed by atoms with Crippen LogP contribution in [0.2, 0.25) is 10.0 Å². The van der Waals surface area contributed by atoms with Crippen LogP contribution < -0.4 is 0 Å². The molecule has 0 spiro atoms. The number of nitrogens with zero attached hydrogens (tertiary/aromatic N) is 1. The zero-order chi connectivity index (χ0) is 15.2. The SMILES string of the molecule is FC(F)(F)C1CCCCC1c1nc2cc(Cl)c(Cl)cc2[nH]1. The van der Waals surface area contributed by atoms with Gasteiger partial charge in [0.15, 0.2) is 0 Å². The van der Waals surface area contributed by atoms with Crippen molar-refractivity contribution in [3.8, 4) is 0 Å². The summed E-state index contributed by atoms with van der Waals surface area (Å²) in [5, 5.41) is 0.702. The largest absolute Gasteiger partial charge is 0.392 e. The summed E-state index contributed by atoms with van der Waals surface area (Å²) in [5.74, 6) is -1.58. The molecule has 1 N–H and O–H groups in total. The van der Waals surface area contributed by atoms with E-state index >= 15 is 0 Å². The van der Waals surface area contributed by atoms with Gasteiger partial charge in [-0.25, -0.2) is 4.98 Å². The Balaban J connectivity index is 2.01. The normalized spacial score (nSPS) is 23.7. The quantitative estimate of drug-likeness (QED) is 0.710. The van der Waals surface area contributed by atoms with Gasteiger partial charge >= 0.3 is 6.18 Å². The van der Waals surface area contributed by atoms with E-state index < -0.39 is 18.0 Å². The highest BCUT2D eigenvalue weighted by atomic mass is 35.5. The van der Waals surface area contributed by atoms with Gasteiger partial charge < -0.3 is 4.98 Å². The van der Waals surface area contributed by atoms with Crippen LogP contribution in [0.15, 0.2) is 12.1 Å². The number of H-pyrrole nitrogens is 1. The lowest BCUT2D eigenvalue weighted by Crippen LogP contribution is -2.32. The minimum Gasteiger partial charge on any atom is -0.342 e. The summed E-state index contributed by atoms with van der Waals surface area (Å²) in [6, 6.07) is 3.17. The minimum absolute atomic E-state index is 0.159. The molecule has 0 aliphatic heterocycles. The van der Waals surface area contributed by atoms with E-state index in [2.05, 4.69) is 9.97 Å². The predicted molar refractivity (Wildman–Crippen MR) is 76.9 cm³/mol. The first-order valence-corrected chi connectivity index (χ1v) is 7.53. The highest BCUT2D eigenvalue weighted by molar-refractivity contribution is 6.42. The van der Waals surface area contributed by atoms with Crippen LogP contribution in [0, 0.1) is 5.92 Å². The van der Waals surface area contributed by atoms with Crippen LogP contribution in [-0.4, -0.2) is 16.1 Å². The van der Waals surface area contributed by atoms with Crippen molar-refractivity contribution in [2.24, 2.45) is 5.92 Å². The molecule has 21 heavy (non-hydrogen) atoms. The highest BCUT2D eigenvalue weighted by Gasteiger charge is 2.46. The molecule has 1 heterocycles. The van der Waals surface area contributed by atoms with E-state index in [4.69, 9.17) is 23.2 Å². The summed E-state index contributed by atoms with van der Waals surface area (Å²) < 4.78 is 39.5. The van der Waals surface area contributed by atoms with E-state index in [9.17, 15) is 13.2 Å². The summed E-state index contributed by atoms with van der Waals surface area (Å²) in [6.45, 7) is 0. The Bertz CT molecular complexity index is 627. The molecule has 1 aromatic heterocycles. The number of hydrogen-bond acceptors (Lipinski definition) is 1. The fraction of sp³-hybridized carbons (Fsp3) is 0.500. The molecular weight excluding hydrogens is 324 g/mol. The Labute approximate surface area is 129 Å². The Morgan fingerprint density at radius 2 is 1.76 bits per heavy atom. The fourth-order valence-corrected chi connectivity index (χ4v) is 3.37. The van der Waals surface area contributed by atoms with Gasteiger partial charge in [-0.05, 0) is 25.0 Å². The monoisotopic (exact) mass is 336 g/mol. The van der Waals surface area contributed by atoms with Crippen molar-refractivity contribution >= 4 is 34.2 Å². The van der Waals surface area contributed by atoms with Gasteiger partial charge in [0.2, 0.25) is 0 Å². The average molecular weight is 337 g/mol. The number of fused-ring (bicyclic) bond motifs is 1. The first-order valence-electron chi connectivity index (χ1n) is 6.77. The number of imidazole rings is 1. The molecule has 3 rings (SSSR count). The molecule has 1 saturated carbocycles. The van der Waals surface area contributed by atoms with E-state index in [0.717, 1.165) is 6.42 Å². The number of nitrogens with one attached hydrogen (secondary N) is 1. The van der Waals surface area contributed by atoms with Gasteiger partial charge in [0, 0.05) is 5.92 Å². The third-order valence-electron chi connectivity index (χ3n) is 4.08. The summed E-state index contributed by atoms with van der Waals surface area (Å²) in [6.07, 6.45) is -2.15. The third-order valence-corrected chi connectivity index (χ3v) is 4.80. The number of alkyl halides is 3. The summed E-state index contributed by atoms with van der Waals surface area (Å²) >= 11 is 11.8. The van der Waals surface area contributed by atoms with E-state index in [0.29, 0.717) is 39.7 Å². The van der Waals surface area contributed by atoms with Crippen molar-refractivity contribution in [1.82, 2.24) is 9.97 Å². The molecule has 1 aromatic carbocycles. The molecule has 2 atom stereocenters. The smallest absolute Gasteiger partial charge is 0.342 e. The summed E-state index contributed by atoms with van der Waals surface area (Å²) in [7, 11) is 0. The van der Waals surface area contributed by atoms with E-state index in [1.54, 1.807) is 12.1 Å². The number of halogens is 5. The lowest BCUT2D eigenvalue weighted by atomic mass is 9.78. The molecule has 0 radical (unpaired) electrons. The molecule has 2 nitrogen and oxygen atoms in total. The fourth-order valence-electron chi connectivity index (χ4n) is 3.05. The van der Waals surface area contributed by atoms with Crippen LogP contribution in [0.3, 0.4) is 0 Å². The van der Waals surface area contributed by atoms with Gasteiger partial charge in [-0.1, -0.05) is 36.0 Å². The van der Waals surface area contributed by atoms with Crippen molar-refractivity contribution in [3.63, 3.8) is 0 Å². The van der Waals surface area contributed by atoms with E-state index in [1.165, 1.54) is 0 Å². The van der Waals surface area contributed by atoms with Gasteiger partial charge in [0.05, 0.1) is 27.0 Å². The molecule has 0 saturated heterocycles. The van der Waals surface area contributed by atoms with Crippen LogP contribution in [0.25, 0.3) is 11.0 Å². The second-order valence-corrected chi connectivity index (χ2v) is 6.26. The minimum atomic E-state index is -4.20. The van der Waals surface area contributed by atoms with Gasteiger partial charge in [-0.3, -0.25) is 0 Å². The molecule has 2 unspecified atom stereocenters. The molecule has 7 heteroatoms. The Morgan fingerprint density at radius 1 is 1.10 bits per heavy atom. The zero-order valence-corrected chi connectivity index (χ0v) is 12.5. The first-order chi connectivity index (χ1) is 9.86. The van der Waals surface area contributed by atoms with Gasteiger partial charge in [0.25, 0.3) is 0 Å². The van der Waals surface area contributed by atoms with E-state index in [1.807, 2.05) is 0 Å². The van der Waals surface area contributed by atoms with E-state index in [-0.39, 0.29) is 6.42 Å². The number of rotatable bonds is 1. The van der Waals surface area contributed by atoms with Gasteiger partial charge in [0.1, 0.15) is 5.82 Å². The zero-order valence-electron chi connectivity index (χ0n) is 11.0. The number of aromatic nitrogens is 2. The third kappa shape index (κ3) is 2.86. The number of aromatic amines is 1. The van der Waals surface area contributed by atoms with Crippen molar-refractivity contribution < 1.29 is 13.2 Å². The van der Waals surface area contributed by atoms with Gasteiger partial charge in [-0.2, -0.15) is 13.2 Å². The first kappa shape index (κ1) is 15.0. The standard InChI is InChI=1S/C14H13Cl2F3N2/c15-9-5-11-12(6-10(9)16)21-13(20-11)7-3-1-2-4-8(7)14(17,18)19/h5-8H,1-4H2,(H,20,21). The number of benzene rings is 1. The molecule has 1 aliphatic rings. The van der Waals surface area contributed by atoms with Crippen molar-refractivity contribution in [2.45, 2.75) is 37.8 Å². The highest BCUT2D eigenvalue weighted by Crippen LogP contribution is 2.46. The van der Waals surface area contributed by atoms with Crippen molar-refractivity contribution in [1.29, 1.82) is 0 Å². The second-order valence-electron chi connectivity index (χ2n) is 5.44. The summed E-state index contributed by atoms with van der Waals surface area (Å²) in [5.41, 5.74) is 1.16. The second kappa shape index (κ2) is 5.36. The van der Waals surface area contributed by atoms with Crippen LogP contribution >= 0.6 is 23.2 Å². The number of hydrogen-bond donors (Lipinski definition) is 1. The Kier molecular flexibility index (Phi) is 3.82. The lowest BCUT2D eigenvalue weighted by molar-refractivity contribution is -0.187. The maximum absolute atomic E-state index is 13.2. The molecular formula is C14H13Cl2F3N2. The van der Waals surface area contributed by atoms with Crippen LogP contribution in [0.4, 0.5) is 13.2 Å². The van der Waals surface area contributed by atoms with Crippen LogP contribution in [0.5, 0.6) is 0 Å². The molecule has 0 bridgehead atoms.